The molecule has 1 saturated heterocycles. The lowest BCUT2D eigenvalue weighted by atomic mass is 9.87. The maximum atomic E-state index is 5.40. The highest BCUT2D eigenvalue weighted by Gasteiger charge is 2.38. The van der Waals surface area contributed by atoms with Crippen LogP contribution in [0.5, 0.6) is 0 Å². The molecule has 0 aromatic heterocycles. The van der Waals surface area contributed by atoms with Crippen molar-refractivity contribution in [2.45, 2.75) is 63.5 Å². The molecule has 0 unspecified atom stereocenters. The van der Waals surface area contributed by atoms with Crippen molar-refractivity contribution in [1.29, 1.82) is 0 Å². The van der Waals surface area contributed by atoms with Crippen molar-refractivity contribution in [3.05, 3.63) is 0 Å². The molecular formula is C18H35N3OS. The van der Waals surface area contributed by atoms with Gasteiger partial charge in [0.1, 0.15) is 0 Å². The van der Waals surface area contributed by atoms with Crippen molar-refractivity contribution in [3.8, 4) is 0 Å². The van der Waals surface area contributed by atoms with Crippen LogP contribution in [0.15, 0.2) is 4.99 Å². The Morgan fingerprint density at radius 2 is 2.04 bits per heavy atom. The number of ether oxygens (including phenoxy) is 1. The minimum absolute atomic E-state index is 0.502. The van der Waals surface area contributed by atoms with E-state index >= 15 is 0 Å². The van der Waals surface area contributed by atoms with Crippen molar-refractivity contribution in [2.75, 3.05) is 45.1 Å². The summed E-state index contributed by atoms with van der Waals surface area (Å²) in [5, 5.41) is 3.51. The molecule has 1 aliphatic heterocycles. The van der Waals surface area contributed by atoms with Crippen LogP contribution in [-0.2, 0) is 4.74 Å². The predicted octanol–water partition coefficient (Wildman–Crippen LogP) is 3.52. The number of hydrogen-bond acceptors (Lipinski definition) is 3. The average molecular weight is 342 g/mol. The standard InChI is InChI=1S/C18H35N3OS/c1-3-19-17(20-12-8-9-14-22-4-2)21-13-15-23-18(16-21)10-6-5-7-11-18/h3-16H2,1-2H3,(H,19,20). The first-order valence-corrected chi connectivity index (χ1v) is 10.5. The molecular weight excluding hydrogens is 306 g/mol. The van der Waals surface area contributed by atoms with E-state index < -0.39 is 0 Å². The van der Waals surface area contributed by atoms with E-state index in [4.69, 9.17) is 9.73 Å². The van der Waals surface area contributed by atoms with E-state index in [2.05, 4.69) is 35.8 Å². The normalized spacial score (nSPS) is 21.7. The van der Waals surface area contributed by atoms with Gasteiger partial charge >= 0.3 is 0 Å². The number of nitrogens with one attached hydrogen (secondary N) is 1. The molecule has 134 valence electrons. The molecule has 1 saturated carbocycles. The lowest BCUT2D eigenvalue weighted by molar-refractivity contribution is 0.144. The van der Waals surface area contributed by atoms with Crippen LogP contribution < -0.4 is 5.32 Å². The molecule has 1 N–H and O–H groups in total. The van der Waals surface area contributed by atoms with Gasteiger partial charge in [0.15, 0.2) is 5.96 Å². The Hall–Kier alpha value is -0.420. The molecule has 0 radical (unpaired) electrons. The van der Waals surface area contributed by atoms with Gasteiger partial charge in [-0.1, -0.05) is 19.3 Å². The zero-order valence-corrected chi connectivity index (χ0v) is 15.9. The summed E-state index contributed by atoms with van der Waals surface area (Å²) in [7, 11) is 0. The van der Waals surface area contributed by atoms with E-state index in [1.54, 1.807) is 0 Å². The summed E-state index contributed by atoms with van der Waals surface area (Å²) in [6, 6.07) is 0. The summed E-state index contributed by atoms with van der Waals surface area (Å²) in [5.41, 5.74) is 0. The van der Waals surface area contributed by atoms with Crippen LogP contribution in [-0.4, -0.2) is 60.8 Å². The van der Waals surface area contributed by atoms with E-state index in [9.17, 15) is 0 Å². The molecule has 2 fully saturated rings. The number of rotatable bonds is 7. The highest BCUT2D eigenvalue weighted by Crippen LogP contribution is 2.42. The summed E-state index contributed by atoms with van der Waals surface area (Å²) < 4.78 is 5.90. The molecule has 2 rings (SSSR count). The van der Waals surface area contributed by atoms with E-state index in [0.29, 0.717) is 4.75 Å². The van der Waals surface area contributed by atoms with Crippen LogP contribution in [0, 0.1) is 0 Å². The van der Waals surface area contributed by atoms with Gasteiger partial charge in [0.2, 0.25) is 0 Å². The summed E-state index contributed by atoms with van der Waals surface area (Å²) in [6.07, 6.45) is 9.25. The van der Waals surface area contributed by atoms with E-state index in [1.807, 2.05) is 0 Å². The largest absolute Gasteiger partial charge is 0.382 e. The van der Waals surface area contributed by atoms with Crippen LogP contribution in [0.3, 0.4) is 0 Å². The number of nitrogens with zero attached hydrogens (tertiary/aromatic N) is 2. The van der Waals surface area contributed by atoms with Gasteiger partial charge in [-0.05, 0) is 39.5 Å². The van der Waals surface area contributed by atoms with Gasteiger partial charge in [-0.2, -0.15) is 11.8 Å². The Kier molecular flexibility index (Phi) is 8.59. The number of guanidine groups is 1. The highest BCUT2D eigenvalue weighted by atomic mass is 32.2. The quantitative estimate of drug-likeness (QED) is 0.437. The minimum Gasteiger partial charge on any atom is -0.382 e. The van der Waals surface area contributed by atoms with Gasteiger partial charge in [-0.15, -0.1) is 0 Å². The second-order valence-corrected chi connectivity index (χ2v) is 8.22. The Bertz CT molecular complexity index is 351. The van der Waals surface area contributed by atoms with E-state index in [-0.39, 0.29) is 0 Å². The number of hydrogen-bond donors (Lipinski definition) is 1. The van der Waals surface area contributed by atoms with Crippen molar-refractivity contribution in [2.24, 2.45) is 4.99 Å². The Labute approximate surface area is 146 Å². The first-order valence-electron chi connectivity index (χ1n) is 9.54. The molecule has 2 aliphatic rings. The smallest absolute Gasteiger partial charge is 0.193 e. The fourth-order valence-electron chi connectivity index (χ4n) is 3.60. The van der Waals surface area contributed by atoms with Gasteiger partial charge in [0.25, 0.3) is 0 Å². The Balaban J connectivity index is 1.85. The van der Waals surface area contributed by atoms with Gasteiger partial charge in [-0.3, -0.25) is 4.99 Å². The SMILES string of the molecule is CCNC(=NCCCCOCC)N1CCSC2(CCCCC2)C1. The number of unbranched alkanes of at least 4 members (excludes halogenated alkanes) is 1. The maximum absolute atomic E-state index is 5.40. The fraction of sp³-hybridized carbons (Fsp3) is 0.944. The van der Waals surface area contributed by atoms with Crippen molar-refractivity contribution in [3.63, 3.8) is 0 Å². The minimum atomic E-state index is 0.502. The third kappa shape index (κ3) is 6.18. The predicted molar refractivity (Wildman–Crippen MR) is 102 cm³/mol. The second-order valence-electron chi connectivity index (χ2n) is 6.65. The summed E-state index contributed by atoms with van der Waals surface area (Å²) in [5.74, 6) is 2.38. The Morgan fingerprint density at radius 3 is 2.78 bits per heavy atom. The summed E-state index contributed by atoms with van der Waals surface area (Å²) in [4.78, 5) is 7.40. The first-order chi connectivity index (χ1) is 11.3. The molecule has 0 aromatic rings. The lowest BCUT2D eigenvalue weighted by Gasteiger charge is -2.45. The molecule has 23 heavy (non-hydrogen) atoms. The molecule has 4 nitrogen and oxygen atoms in total. The third-order valence-electron chi connectivity index (χ3n) is 4.81. The van der Waals surface area contributed by atoms with Gasteiger partial charge in [-0.25, -0.2) is 0 Å². The number of aliphatic imine (C=N–C) groups is 1. The second kappa shape index (κ2) is 10.4. The third-order valence-corrected chi connectivity index (χ3v) is 6.35. The number of thioether (sulfide) groups is 1. The van der Waals surface area contributed by atoms with Crippen molar-refractivity contribution in [1.82, 2.24) is 10.2 Å². The zero-order valence-electron chi connectivity index (χ0n) is 15.1. The van der Waals surface area contributed by atoms with E-state index in [1.165, 1.54) is 44.4 Å². The van der Waals surface area contributed by atoms with Crippen molar-refractivity contribution >= 4 is 17.7 Å². The molecule has 0 aromatic carbocycles. The first kappa shape index (κ1) is 18.9. The van der Waals surface area contributed by atoms with Crippen LogP contribution in [0.2, 0.25) is 0 Å². The van der Waals surface area contributed by atoms with Crippen LogP contribution >= 0.6 is 11.8 Å². The molecule has 1 aliphatic carbocycles. The Morgan fingerprint density at radius 1 is 1.22 bits per heavy atom. The maximum Gasteiger partial charge on any atom is 0.193 e. The van der Waals surface area contributed by atoms with Crippen molar-refractivity contribution < 1.29 is 4.74 Å². The summed E-state index contributed by atoms with van der Waals surface area (Å²) >= 11 is 2.22. The van der Waals surface area contributed by atoms with Gasteiger partial charge in [0, 0.05) is 49.9 Å². The molecule has 5 heteroatoms. The monoisotopic (exact) mass is 341 g/mol. The summed E-state index contributed by atoms with van der Waals surface area (Å²) in [6.45, 7) is 10.1. The van der Waals surface area contributed by atoms with Gasteiger partial charge < -0.3 is 15.0 Å². The molecule has 1 spiro atoms. The zero-order chi connectivity index (χ0) is 16.4. The van der Waals surface area contributed by atoms with Gasteiger partial charge in [0.05, 0.1) is 0 Å². The highest BCUT2D eigenvalue weighted by molar-refractivity contribution is 8.00. The molecule has 0 amide bonds. The molecule has 0 atom stereocenters. The van der Waals surface area contributed by atoms with Crippen LogP contribution in [0.4, 0.5) is 0 Å². The lowest BCUT2D eigenvalue weighted by Crippen LogP contribution is -2.53. The average Bonchev–Trinajstić information content (AvgIpc) is 2.58. The van der Waals surface area contributed by atoms with Crippen LogP contribution in [0.1, 0.15) is 58.8 Å². The fourth-order valence-corrected chi connectivity index (χ4v) is 5.16. The van der Waals surface area contributed by atoms with Crippen LogP contribution in [0.25, 0.3) is 0 Å². The topological polar surface area (TPSA) is 36.9 Å². The molecule has 0 bridgehead atoms. The molecule has 1 heterocycles. The van der Waals surface area contributed by atoms with E-state index in [0.717, 1.165) is 51.6 Å².